The summed E-state index contributed by atoms with van der Waals surface area (Å²) in [6.45, 7) is 3.48. The standard InChI is InChI=1S/C14H23N3O2/c1-11-3-2-4-12(9-11)5-7-15-14(18)16-10-13-6-8-19-17-13/h6,8,11-12H,2-5,7,9-10H2,1H3,(H2,15,16,18)/t11-,12+/m0/s1. The highest BCUT2D eigenvalue weighted by Gasteiger charge is 2.18. The maximum atomic E-state index is 11.6. The van der Waals surface area contributed by atoms with Gasteiger partial charge in [0.05, 0.1) is 6.54 Å². The molecule has 2 amide bonds. The van der Waals surface area contributed by atoms with Crippen molar-refractivity contribution in [2.24, 2.45) is 11.8 Å². The van der Waals surface area contributed by atoms with Crippen LogP contribution >= 0.6 is 0 Å². The first kappa shape index (κ1) is 13.9. The van der Waals surface area contributed by atoms with Crippen molar-refractivity contribution in [3.63, 3.8) is 0 Å². The van der Waals surface area contributed by atoms with Crippen LogP contribution in [-0.2, 0) is 6.54 Å². The minimum Gasteiger partial charge on any atom is -0.364 e. The first-order valence-electron chi connectivity index (χ1n) is 7.15. The number of nitrogens with one attached hydrogen (secondary N) is 2. The predicted octanol–water partition coefficient (Wildman–Crippen LogP) is 2.69. The lowest BCUT2D eigenvalue weighted by molar-refractivity contribution is 0.235. The summed E-state index contributed by atoms with van der Waals surface area (Å²) < 4.78 is 4.70. The largest absolute Gasteiger partial charge is 0.364 e. The van der Waals surface area contributed by atoms with E-state index < -0.39 is 0 Å². The predicted molar refractivity (Wildman–Crippen MR) is 72.5 cm³/mol. The van der Waals surface area contributed by atoms with E-state index in [2.05, 4.69) is 22.7 Å². The first-order valence-corrected chi connectivity index (χ1v) is 7.15. The van der Waals surface area contributed by atoms with Crippen LogP contribution in [0, 0.1) is 11.8 Å². The molecule has 106 valence electrons. The Morgan fingerprint density at radius 3 is 3.11 bits per heavy atom. The molecule has 0 aromatic carbocycles. The lowest BCUT2D eigenvalue weighted by Gasteiger charge is -2.26. The summed E-state index contributed by atoms with van der Waals surface area (Å²) in [6, 6.07) is 1.61. The molecule has 1 aromatic rings. The molecule has 0 saturated heterocycles. The van der Waals surface area contributed by atoms with E-state index in [4.69, 9.17) is 4.52 Å². The quantitative estimate of drug-likeness (QED) is 0.860. The van der Waals surface area contributed by atoms with Gasteiger partial charge in [0.2, 0.25) is 0 Å². The highest BCUT2D eigenvalue weighted by atomic mass is 16.5. The van der Waals surface area contributed by atoms with Crippen molar-refractivity contribution in [2.45, 2.75) is 45.6 Å². The number of aromatic nitrogens is 1. The summed E-state index contributed by atoms with van der Waals surface area (Å²) in [5.74, 6) is 1.62. The number of carbonyl (C=O) groups excluding carboxylic acids is 1. The topological polar surface area (TPSA) is 67.2 Å². The van der Waals surface area contributed by atoms with Gasteiger partial charge in [-0.15, -0.1) is 0 Å². The number of nitrogens with zero attached hydrogens (tertiary/aromatic N) is 1. The second kappa shape index (κ2) is 7.16. The van der Waals surface area contributed by atoms with Crippen LogP contribution in [0.2, 0.25) is 0 Å². The Morgan fingerprint density at radius 1 is 1.47 bits per heavy atom. The summed E-state index contributed by atoms with van der Waals surface area (Å²) in [5, 5.41) is 9.39. The second-order valence-electron chi connectivity index (χ2n) is 5.53. The zero-order valence-corrected chi connectivity index (χ0v) is 11.5. The average molecular weight is 265 g/mol. The van der Waals surface area contributed by atoms with Crippen LogP contribution in [0.15, 0.2) is 16.9 Å². The molecule has 19 heavy (non-hydrogen) atoms. The lowest BCUT2D eigenvalue weighted by Crippen LogP contribution is -2.36. The van der Waals surface area contributed by atoms with E-state index in [1.165, 1.54) is 31.9 Å². The van der Waals surface area contributed by atoms with Crippen LogP contribution in [-0.4, -0.2) is 17.7 Å². The Labute approximate surface area is 114 Å². The zero-order valence-electron chi connectivity index (χ0n) is 11.5. The number of carbonyl (C=O) groups is 1. The fraction of sp³-hybridized carbons (Fsp3) is 0.714. The van der Waals surface area contributed by atoms with Gasteiger partial charge in [-0.25, -0.2) is 4.79 Å². The van der Waals surface area contributed by atoms with Crippen LogP contribution in [0.3, 0.4) is 0 Å². The molecule has 1 saturated carbocycles. The molecule has 1 aliphatic carbocycles. The maximum Gasteiger partial charge on any atom is 0.315 e. The monoisotopic (exact) mass is 265 g/mol. The molecule has 1 aromatic heterocycles. The molecule has 5 heteroatoms. The fourth-order valence-corrected chi connectivity index (χ4v) is 2.77. The lowest BCUT2D eigenvalue weighted by atomic mass is 9.81. The second-order valence-corrected chi connectivity index (χ2v) is 5.53. The summed E-state index contributed by atoms with van der Waals surface area (Å²) >= 11 is 0. The molecule has 5 nitrogen and oxygen atoms in total. The van der Waals surface area contributed by atoms with Gasteiger partial charge in [0.15, 0.2) is 0 Å². The van der Waals surface area contributed by atoms with Crippen LogP contribution in [0.4, 0.5) is 4.79 Å². The Balaban J connectivity index is 1.56. The van der Waals surface area contributed by atoms with Gasteiger partial charge in [0.25, 0.3) is 0 Å². The van der Waals surface area contributed by atoms with Crippen molar-refractivity contribution in [3.05, 3.63) is 18.0 Å². The molecule has 1 aliphatic rings. The van der Waals surface area contributed by atoms with Crippen LogP contribution in [0.25, 0.3) is 0 Å². The van der Waals surface area contributed by atoms with Gasteiger partial charge in [0.1, 0.15) is 12.0 Å². The Hall–Kier alpha value is -1.52. The highest BCUT2D eigenvalue weighted by Crippen LogP contribution is 2.30. The van der Waals surface area contributed by atoms with Crippen molar-refractivity contribution in [1.29, 1.82) is 0 Å². The number of hydrogen-bond donors (Lipinski definition) is 2. The Kier molecular flexibility index (Phi) is 5.24. The van der Waals surface area contributed by atoms with Crippen molar-refractivity contribution >= 4 is 6.03 Å². The molecule has 2 N–H and O–H groups in total. The van der Waals surface area contributed by atoms with Gasteiger partial charge in [-0.05, 0) is 24.7 Å². The number of amides is 2. The van der Waals surface area contributed by atoms with Gasteiger partial charge in [-0.1, -0.05) is 31.3 Å². The van der Waals surface area contributed by atoms with E-state index in [0.29, 0.717) is 6.54 Å². The molecule has 1 heterocycles. The first-order chi connectivity index (χ1) is 9.24. The van der Waals surface area contributed by atoms with Gasteiger partial charge >= 0.3 is 6.03 Å². The molecular weight excluding hydrogens is 242 g/mol. The zero-order chi connectivity index (χ0) is 13.5. The van der Waals surface area contributed by atoms with E-state index in [1.807, 2.05) is 0 Å². The smallest absolute Gasteiger partial charge is 0.315 e. The minimum atomic E-state index is -0.133. The van der Waals surface area contributed by atoms with Gasteiger partial charge in [-0.2, -0.15) is 0 Å². The van der Waals surface area contributed by atoms with Crippen LogP contribution in [0.5, 0.6) is 0 Å². The molecule has 0 radical (unpaired) electrons. The maximum absolute atomic E-state index is 11.6. The summed E-state index contributed by atoms with van der Waals surface area (Å²) in [5.41, 5.74) is 0.733. The number of rotatable bonds is 5. The molecular formula is C14H23N3O2. The van der Waals surface area contributed by atoms with Gasteiger partial charge in [0, 0.05) is 12.6 Å². The summed E-state index contributed by atoms with van der Waals surface area (Å²) in [7, 11) is 0. The van der Waals surface area contributed by atoms with E-state index in [1.54, 1.807) is 6.07 Å². The summed E-state index contributed by atoms with van der Waals surface area (Å²) in [4.78, 5) is 11.6. The summed E-state index contributed by atoms with van der Waals surface area (Å²) in [6.07, 6.45) is 7.90. The van der Waals surface area contributed by atoms with Crippen LogP contribution in [0.1, 0.15) is 44.7 Å². The van der Waals surface area contributed by atoms with E-state index in [-0.39, 0.29) is 6.03 Å². The molecule has 1 fully saturated rings. The third kappa shape index (κ3) is 4.93. The van der Waals surface area contributed by atoms with Crippen LogP contribution < -0.4 is 10.6 Å². The molecule has 0 bridgehead atoms. The van der Waals surface area contributed by atoms with Crippen molar-refractivity contribution in [2.75, 3.05) is 6.54 Å². The van der Waals surface area contributed by atoms with E-state index in [9.17, 15) is 4.79 Å². The van der Waals surface area contributed by atoms with E-state index in [0.717, 1.165) is 30.5 Å². The highest BCUT2D eigenvalue weighted by molar-refractivity contribution is 5.73. The minimum absolute atomic E-state index is 0.133. The average Bonchev–Trinajstić information content (AvgIpc) is 2.89. The molecule has 2 rings (SSSR count). The number of hydrogen-bond acceptors (Lipinski definition) is 3. The van der Waals surface area contributed by atoms with Crippen molar-refractivity contribution < 1.29 is 9.32 Å². The van der Waals surface area contributed by atoms with Gasteiger partial charge < -0.3 is 15.2 Å². The van der Waals surface area contributed by atoms with Gasteiger partial charge in [-0.3, -0.25) is 0 Å². The van der Waals surface area contributed by atoms with Crippen molar-refractivity contribution in [1.82, 2.24) is 15.8 Å². The third-order valence-electron chi connectivity index (χ3n) is 3.80. The number of urea groups is 1. The molecule has 0 spiro atoms. The molecule has 2 atom stereocenters. The molecule has 0 unspecified atom stereocenters. The fourth-order valence-electron chi connectivity index (χ4n) is 2.77. The normalized spacial score (nSPS) is 23.0. The molecule has 0 aliphatic heterocycles. The third-order valence-corrected chi connectivity index (χ3v) is 3.80. The SMILES string of the molecule is C[C@H]1CCC[C@H](CCNC(=O)NCc2ccon2)C1. The van der Waals surface area contributed by atoms with E-state index >= 15 is 0 Å². The van der Waals surface area contributed by atoms with Crippen molar-refractivity contribution in [3.8, 4) is 0 Å². The Morgan fingerprint density at radius 2 is 2.37 bits per heavy atom. The Bertz CT molecular complexity index is 378.